The number of hydrogen-bond donors (Lipinski definition) is 2. The van der Waals surface area contributed by atoms with Crippen LogP contribution in [0.25, 0.3) is 0 Å². The van der Waals surface area contributed by atoms with Crippen molar-refractivity contribution >= 4 is 5.91 Å². The number of halogens is 1. The number of para-hydroxylation sites is 1. The van der Waals surface area contributed by atoms with E-state index in [1.165, 1.54) is 6.07 Å². The van der Waals surface area contributed by atoms with Gasteiger partial charge in [-0.3, -0.25) is 4.79 Å². The topological polar surface area (TPSA) is 64.3 Å². The van der Waals surface area contributed by atoms with Crippen LogP contribution in [0.1, 0.15) is 39.2 Å². The molecule has 0 saturated carbocycles. The number of benzene rings is 1. The molecule has 0 aliphatic heterocycles. The number of carbonyl (C=O) groups excluding carboxylic acids is 1. The van der Waals surface area contributed by atoms with Crippen LogP contribution in [0.4, 0.5) is 4.39 Å². The maximum atomic E-state index is 13.9. The SMILES string of the molecule is CCCC(C)NC(=O)C(C)Oc1c(F)cccc1CCN. The Labute approximate surface area is 125 Å². The predicted molar refractivity (Wildman–Crippen MR) is 81.8 cm³/mol. The van der Waals surface area contributed by atoms with Crippen LogP contribution in [0.5, 0.6) is 5.75 Å². The lowest BCUT2D eigenvalue weighted by atomic mass is 10.1. The third-order valence-electron chi connectivity index (χ3n) is 3.24. The van der Waals surface area contributed by atoms with Crippen molar-refractivity contribution in [2.45, 2.75) is 52.2 Å². The summed E-state index contributed by atoms with van der Waals surface area (Å²) in [4.78, 5) is 12.0. The van der Waals surface area contributed by atoms with Crippen molar-refractivity contribution in [3.8, 4) is 5.75 Å². The fraction of sp³-hybridized carbons (Fsp3) is 0.562. The maximum absolute atomic E-state index is 13.9. The van der Waals surface area contributed by atoms with Crippen LogP contribution >= 0.6 is 0 Å². The van der Waals surface area contributed by atoms with Crippen LogP contribution in [-0.4, -0.2) is 24.6 Å². The summed E-state index contributed by atoms with van der Waals surface area (Å²) in [6.45, 7) is 6.01. The van der Waals surface area contributed by atoms with Crippen molar-refractivity contribution in [2.75, 3.05) is 6.54 Å². The van der Waals surface area contributed by atoms with Gasteiger partial charge in [0, 0.05) is 6.04 Å². The Morgan fingerprint density at radius 3 is 2.76 bits per heavy atom. The molecule has 2 atom stereocenters. The number of nitrogens with two attached hydrogens (primary N) is 1. The molecule has 4 nitrogen and oxygen atoms in total. The third-order valence-corrected chi connectivity index (χ3v) is 3.24. The van der Waals surface area contributed by atoms with E-state index in [9.17, 15) is 9.18 Å². The van der Waals surface area contributed by atoms with Crippen LogP contribution in [-0.2, 0) is 11.2 Å². The van der Waals surface area contributed by atoms with E-state index in [0.717, 1.165) is 12.8 Å². The molecule has 0 heterocycles. The summed E-state index contributed by atoms with van der Waals surface area (Å²) in [6, 6.07) is 4.77. The van der Waals surface area contributed by atoms with E-state index in [0.29, 0.717) is 18.5 Å². The second-order valence-electron chi connectivity index (χ2n) is 5.23. The fourth-order valence-electron chi connectivity index (χ4n) is 2.13. The van der Waals surface area contributed by atoms with Crippen LogP contribution in [0.2, 0.25) is 0 Å². The quantitative estimate of drug-likeness (QED) is 0.774. The molecule has 0 aromatic heterocycles. The van der Waals surface area contributed by atoms with Crippen molar-refractivity contribution in [2.24, 2.45) is 5.73 Å². The minimum absolute atomic E-state index is 0.0812. The van der Waals surface area contributed by atoms with Crippen molar-refractivity contribution in [3.05, 3.63) is 29.6 Å². The Hall–Kier alpha value is -1.62. The number of rotatable bonds is 8. The molecule has 0 fully saturated rings. The largest absolute Gasteiger partial charge is 0.478 e. The van der Waals surface area contributed by atoms with Crippen LogP contribution in [0.15, 0.2) is 18.2 Å². The summed E-state index contributed by atoms with van der Waals surface area (Å²) < 4.78 is 19.4. The van der Waals surface area contributed by atoms with Crippen LogP contribution < -0.4 is 15.8 Å². The first-order valence-electron chi connectivity index (χ1n) is 7.44. The van der Waals surface area contributed by atoms with E-state index < -0.39 is 11.9 Å². The van der Waals surface area contributed by atoms with Crippen molar-refractivity contribution in [1.29, 1.82) is 0 Å². The lowest BCUT2D eigenvalue weighted by molar-refractivity contribution is -0.128. The van der Waals surface area contributed by atoms with Gasteiger partial charge in [-0.05, 0) is 44.9 Å². The molecule has 0 bridgehead atoms. The molecule has 3 N–H and O–H groups in total. The Morgan fingerprint density at radius 1 is 1.43 bits per heavy atom. The highest BCUT2D eigenvalue weighted by atomic mass is 19.1. The highest BCUT2D eigenvalue weighted by molar-refractivity contribution is 5.81. The van der Waals surface area contributed by atoms with E-state index in [1.807, 2.05) is 6.92 Å². The molecule has 0 aliphatic carbocycles. The van der Waals surface area contributed by atoms with Gasteiger partial charge >= 0.3 is 0 Å². The summed E-state index contributed by atoms with van der Waals surface area (Å²) in [5.74, 6) is -0.589. The molecule has 1 rings (SSSR count). The molecular weight excluding hydrogens is 271 g/mol. The monoisotopic (exact) mass is 296 g/mol. The number of ether oxygens (including phenoxy) is 1. The smallest absolute Gasteiger partial charge is 0.260 e. The minimum Gasteiger partial charge on any atom is -0.478 e. The van der Waals surface area contributed by atoms with Crippen molar-refractivity contribution in [3.63, 3.8) is 0 Å². The number of amides is 1. The Morgan fingerprint density at radius 2 is 2.14 bits per heavy atom. The number of hydrogen-bond acceptors (Lipinski definition) is 3. The number of nitrogens with one attached hydrogen (secondary N) is 1. The van der Waals surface area contributed by atoms with Crippen LogP contribution in [0.3, 0.4) is 0 Å². The molecule has 118 valence electrons. The summed E-state index contributed by atoms with van der Waals surface area (Å²) in [5, 5.41) is 2.86. The first kappa shape index (κ1) is 17.4. The molecule has 21 heavy (non-hydrogen) atoms. The lowest BCUT2D eigenvalue weighted by Crippen LogP contribution is -2.41. The van der Waals surface area contributed by atoms with Gasteiger partial charge in [0.15, 0.2) is 17.7 Å². The van der Waals surface area contributed by atoms with Gasteiger partial charge in [-0.15, -0.1) is 0 Å². The van der Waals surface area contributed by atoms with Gasteiger partial charge in [0.1, 0.15) is 0 Å². The minimum atomic E-state index is -0.752. The Bertz CT molecular complexity index is 466. The molecule has 5 heteroatoms. The second kappa shape index (κ2) is 8.62. The molecule has 1 aromatic carbocycles. The van der Waals surface area contributed by atoms with E-state index in [1.54, 1.807) is 19.1 Å². The third kappa shape index (κ3) is 5.34. The van der Waals surface area contributed by atoms with E-state index in [-0.39, 0.29) is 17.7 Å². The normalized spacial score (nSPS) is 13.6. The zero-order valence-corrected chi connectivity index (χ0v) is 13.0. The zero-order valence-electron chi connectivity index (χ0n) is 13.0. The Balaban J connectivity index is 2.74. The highest BCUT2D eigenvalue weighted by Crippen LogP contribution is 2.24. The van der Waals surface area contributed by atoms with Gasteiger partial charge in [0.2, 0.25) is 0 Å². The second-order valence-corrected chi connectivity index (χ2v) is 5.23. The van der Waals surface area contributed by atoms with Gasteiger partial charge in [-0.1, -0.05) is 25.5 Å². The van der Waals surface area contributed by atoms with E-state index in [4.69, 9.17) is 10.5 Å². The van der Waals surface area contributed by atoms with E-state index in [2.05, 4.69) is 12.2 Å². The summed E-state index contributed by atoms with van der Waals surface area (Å²) in [6.07, 6.45) is 1.65. The molecule has 1 aromatic rings. The first-order chi connectivity index (χ1) is 9.99. The summed E-state index contributed by atoms with van der Waals surface area (Å²) in [5.41, 5.74) is 6.19. The molecule has 0 aliphatic rings. The summed E-state index contributed by atoms with van der Waals surface area (Å²) in [7, 11) is 0. The molecule has 0 saturated heterocycles. The van der Waals surface area contributed by atoms with Crippen molar-refractivity contribution < 1.29 is 13.9 Å². The first-order valence-corrected chi connectivity index (χ1v) is 7.44. The molecule has 1 amide bonds. The average Bonchev–Trinajstić information content (AvgIpc) is 2.42. The van der Waals surface area contributed by atoms with Gasteiger partial charge in [0.05, 0.1) is 0 Å². The summed E-state index contributed by atoms with van der Waals surface area (Å²) >= 11 is 0. The van der Waals surface area contributed by atoms with Gasteiger partial charge in [-0.25, -0.2) is 4.39 Å². The highest BCUT2D eigenvalue weighted by Gasteiger charge is 2.19. The Kier molecular flexibility index (Phi) is 7.15. The maximum Gasteiger partial charge on any atom is 0.260 e. The van der Waals surface area contributed by atoms with Gasteiger partial charge in [-0.2, -0.15) is 0 Å². The van der Waals surface area contributed by atoms with Gasteiger partial charge in [0.25, 0.3) is 5.91 Å². The van der Waals surface area contributed by atoms with Crippen molar-refractivity contribution in [1.82, 2.24) is 5.32 Å². The van der Waals surface area contributed by atoms with Gasteiger partial charge < -0.3 is 15.8 Å². The van der Waals surface area contributed by atoms with E-state index >= 15 is 0 Å². The predicted octanol–water partition coefficient (Wildman–Crippen LogP) is 2.40. The molecule has 0 radical (unpaired) electrons. The zero-order chi connectivity index (χ0) is 15.8. The standard InChI is InChI=1S/C16H25FN2O2/c1-4-6-11(2)19-16(20)12(3)21-15-13(9-10-18)7-5-8-14(15)17/h5,7-8,11-12H,4,6,9-10,18H2,1-3H3,(H,19,20). The fourth-order valence-corrected chi connectivity index (χ4v) is 2.13. The number of carbonyl (C=O) groups is 1. The lowest BCUT2D eigenvalue weighted by Gasteiger charge is -2.20. The molecule has 0 spiro atoms. The average molecular weight is 296 g/mol. The molecular formula is C16H25FN2O2. The van der Waals surface area contributed by atoms with Crippen LogP contribution in [0, 0.1) is 5.82 Å². The molecule has 2 unspecified atom stereocenters.